The van der Waals surface area contributed by atoms with E-state index in [1.807, 2.05) is 25.1 Å². The van der Waals surface area contributed by atoms with E-state index in [9.17, 15) is 9.50 Å². The molecule has 0 aromatic heterocycles. The predicted molar refractivity (Wildman–Crippen MR) is 118 cm³/mol. The van der Waals surface area contributed by atoms with Crippen LogP contribution < -0.4 is 10.6 Å². The number of hydrogen-bond donors (Lipinski definition) is 3. The second kappa shape index (κ2) is 12.9. The molecule has 142 valence electrons. The summed E-state index contributed by atoms with van der Waals surface area (Å²) in [4.78, 5) is 5.63. The maximum Gasteiger partial charge on any atom is 0.191 e. The zero-order valence-electron chi connectivity index (χ0n) is 14.7. The van der Waals surface area contributed by atoms with Gasteiger partial charge >= 0.3 is 0 Å². The number of aliphatic hydroxyl groups excluding tert-OH is 1. The minimum Gasteiger partial charge on any atom is -0.386 e. The molecular weight excluding hydrogens is 464 g/mol. The van der Waals surface area contributed by atoms with Gasteiger partial charge in [0.15, 0.2) is 5.96 Å². The average Bonchev–Trinajstić information content (AvgIpc) is 2.64. The van der Waals surface area contributed by atoms with Crippen molar-refractivity contribution in [2.75, 3.05) is 25.4 Å². The number of thioether (sulfide) groups is 1. The molecule has 0 spiro atoms. The van der Waals surface area contributed by atoms with Gasteiger partial charge in [-0.05, 0) is 36.8 Å². The summed E-state index contributed by atoms with van der Waals surface area (Å²) >= 11 is 1.77. The fourth-order valence-corrected chi connectivity index (χ4v) is 2.95. The maximum atomic E-state index is 12.9. The first kappa shape index (κ1) is 22.7. The van der Waals surface area contributed by atoms with E-state index >= 15 is 0 Å². The lowest BCUT2D eigenvalue weighted by atomic mass is 10.1. The molecule has 2 aromatic carbocycles. The van der Waals surface area contributed by atoms with E-state index in [4.69, 9.17) is 0 Å². The number of rotatable bonds is 8. The molecule has 0 saturated carbocycles. The molecule has 0 saturated heterocycles. The van der Waals surface area contributed by atoms with E-state index in [0.29, 0.717) is 11.5 Å². The lowest BCUT2D eigenvalue weighted by molar-refractivity contribution is 0.187. The Balaban J connectivity index is 0.00000338. The highest BCUT2D eigenvalue weighted by molar-refractivity contribution is 14.0. The van der Waals surface area contributed by atoms with Crippen LogP contribution in [0.25, 0.3) is 0 Å². The number of benzene rings is 2. The maximum absolute atomic E-state index is 12.9. The van der Waals surface area contributed by atoms with Gasteiger partial charge in [0.2, 0.25) is 0 Å². The van der Waals surface area contributed by atoms with E-state index in [1.165, 1.54) is 17.0 Å². The molecular formula is C19H25FIN3OS. The quantitative estimate of drug-likeness (QED) is 0.174. The summed E-state index contributed by atoms with van der Waals surface area (Å²) in [6.45, 7) is 3.71. The molecule has 0 aliphatic heterocycles. The molecule has 2 aromatic rings. The fraction of sp³-hybridized carbons (Fsp3) is 0.316. The Kier molecular flexibility index (Phi) is 11.3. The minimum absolute atomic E-state index is 0. The van der Waals surface area contributed by atoms with Gasteiger partial charge in [0.1, 0.15) is 5.82 Å². The molecule has 0 heterocycles. The van der Waals surface area contributed by atoms with Gasteiger partial charge in [-0.2, -0.15) is 0 Å². The van der Waals surface area contributed by atoms with Crippen LogP contribution in [-0.4, -0.2) is 36.5 Å². The molecule has 26 heavy (non-hydrogen) atoms. The number of nitrogens with one attached hydrogen (secondary N) is 2. The lowest BCUT2D eigenvalue weighted by Crippen LogP contribution is -2.38. The molecule has 0 amide bonds. The molecule has 0 radical (unpaired) electrons. The summed E-state index contributed by atoms with van der Waals surface area (Å²) < 4.78 is 12.9. The van der Waals surface area contributed by atoms with Gasteiger partial charge in [-0.15, -0.1) is 35.7 Å². The van der Waals surface area contributed by atoms with Crippen molar-refractivity contribution < 1.29 is 9.50 Å². The van der Waals surface area contributed by atoms with Gasteiger partial charge < -0.3 is 15.7 Å². The standard InChI is InChI=1S/C19H24FN3OS.HI/c1-2-21-19(22-12-13-25-17-6-4-3-5-7-17)23-14-18(24)15-8-10-16(20)11-9-15;/h3-11,18,24H,2,12-14H2,1H3,(H2,21,22,23);1H. The first-order chi connectivity index (χ1) is 12.2. The van der Waals surface area contributed by atoms with Crippen molar-refractivity contribution >= 4 is 41.7 Å². The van der Waals surface area contributed by atoms with Gasteiger partial charge in [-0.25, -0.2) is 4.39 Å². The summed E-state index contributed by atoms with van der Waals surface area (Å²) in [6.07, 6.45) is -0.755. The van der Waals surface area contributed by atoms with E-state index in [1.54, 1.807) is 23.9 Å². The van der Waals surface area contributed by atoms with Crippen molar-refractivity contribution in [2.45, 2.75) is 17.9 Å². The third kappa shape index (κ3) is 8.37. The normalized spacial score (nSPS) is 12.2. The molecule has 1 unspecified atom stereocenters. The molecule has 0 aliphatic carbocycles. The van der Waals surface area contributed by atoms with Crippen LogP contribution >= 0.6 is 35.7 Å². The Labute approximate surface area is 175 Å². The smallest absolute Gasteiger partial charge is 0.191 e. The SMILES string of the molecule is CCNC(=NCC(O)c1ccc(F)cc1)NCCSc1ccccc1.I. The highest BCUT2D eigenvalue weighted by Gasteiger charge is 2.07. The molecule has 7 heteroatoms. The zero-order valence-corrected chi connectivity index (χ0v) is 17.8. The minimum atomic E-state index is -0.755. The average molecular weight is 489 g/mol. The van der Waals surface area contributed by atoms with Crippen LogP contribution in [0, 0.1) is 5.82 Å². The van der Waals surface area contributed by atoms with Crippen LogP contribution in [0.4, 0.5) is 4.39 Å². The monoisotopic (exact) mass is 489 g/mol. The van der Waals surface area contributed by atoms with Crippen LogP contribution in [0.1, 0.15) is 18.6 Å². The van der Waals surface area contributed by atoms with Gasteiger partial charge in [-0.1, -0.05) is 30.3 Å². The second-order valence-corrected chi connectivity index (χ2v) is 6.54. The van der Waals surface area contributed by atoms with Crippen molar-refractivity contribution in [2.24, 2.45) is 4.99 Å². The Bertz CT molecular complexity index is 656. The van der Waals surface area contributed by atoms with E-state index in [-0.39, 0.29) is 36.3 Å². The topological polar surface area (TPSA) is 56.7 Å². The summed E-state index contributed by atoms with van der Waals surface area (Å²) in [5, 5.41) is 16.6. The van der Waals surface area contributed by atoms with E-state index in [2.05, 4.69) is 27.8 Å². The number of guanidine groups is 1. The highest BCUT2D eigenvalue weighted by atomic mass is 127. The Hall–Kier alpha value is -1.32. The van der Waals surface area contributed by atoms with Gasteiger partial charge in [0, 0.05) is 23.7 Å². The third-order valence-corrected chi connectivity index (χ3v) is 4.44. The molecule has 0 aliphatic rings. The van der Waals surface area contributed by atoms with E-state index in [0.717, 1.165) is 18.8 Å². The van der Waals surface area contributed by atoms with Gasteiger partial charge in [0.25, 0.3) is 0 Å². The van der Waals surface area contributed by atoms with Crippen molar-refractivity contribution in [3.05, 3.63) is 66.0 Å². The van der Waals surface area contributed by atoms with Gasteiger partial charge in [-0.3, -0.25) is 4.99 Å². The Morgan fingerprint density at radius 1 is 1.12 bits per heavy atom. The van der Waals surface area contributed by atoms with Crippen molar-refractivity contribution in [1.82, 2.24) is 10.6 Å². The van der Waals surface area contributed by atoms with Crippen LogP contribution in [0.2, 0.25) is 0 Å². The first-order valence-electron chi connectivity index (χ1n) is 8.32. The van der Waals surface area contributed by atoms with Crippen molar-refractivity contribution in [3.8, 4) is 0 Å². The highest BCUT2D eigenvalue weighted by Crippen LogP contribution is 2.16. The molecule has 4 nitrogen and oxygen atoms in total. The molecule has 1 atom stereocenters. The third-order valence-electron chi connectivity index (χ3n) is 3.43. The van der Waals surface area contributed by atoms with Crippen LogP contribution in [-0.2, 0) is 0 Å². The summed E-state index contributed by atoms with van der Waals surface area (Å²) in [6, 6.07) is 16.1. The Morgan fingerprint density at radius 2 is 1.81 bits per heavy atom. The number of aliphatic imine (C=N–C) groups is 1. The second-order valence-electron chi connectivity index (χ2n) is 5.38. The molecule has 3 N–H and O–H groups in total. The number of halogens is 2. The Morgan fingerprint density at radius 3 is 2.46 bits per heavy atom. The molecule has 0 bridgehead atoms. The number of nitrogens with zero attached hydrogens (tertiary/aromatic N) is 1. The fourth-order valence-electron chi connectivity index (χ4n) is 2.16. The number of hydrogen-bond acceptors (Lipinski definition) is 3. The summed E-state index contributed by atoms with van der Waals surface area (Å²) in [5.41, 5.74) is 0.653. The first-order valence-corrected chi connectivity index (χ1v) is 9.31. The largest absolute Gasteiger partial charge is 0.386 e. The summed E-state index contributed by atoms with van der Waals surface area (Å²) in [5.74, 6) is 1.26. The van der Waals surface area contributed by atoms with E-state index < -0.39 is 6.10 Å². The van der Waals surface area contributed by atoms with Crippen LogP contribution in [0.15, 0.2) is 64.5 Å². The lowest BCUT2D eigenvalue weighted by Gasteiger charge is -2.13. The van der Waals surface area contributed by atoms with Crippen LogP contribution in [0.3, 0.4) is 0 Å². The molecule has 2 rings (SSSR count). The predicted octanol–water partition coefficient (Wildman–Crippen LogP) is 3.82. The zero-order chi connectivity index (χ0) is 17.9. The van der Waals surface area contributed by atoms with Crippen molar-refractivity contribution in [1.29, 1.82) is 0 Å². The summed E-state index contributed by atoms with van der Waals surface area (Å²) in [7, 11) is 0. The number of aliphatic hydroxyl groups is 1. The van der Waals surface area contributed by atoms with Crippen LogP contribution in [0.5, 0.6) is 0 Å². The van der Waals surface area contributed by atoms with Gasteiger partial charge in [0.05, 0.1) is 12.6 Å². The molecule has 0 fully saturated rings. The van der Waals surface area contributed by atoms with Crippen molar-refractivity contribution in [3.63, 3.8) is 0 Å².